The molecule has 1 heterocycles. The molecule has 0 aliphatic carbocycles. The molecule has 30 heavy (non-hydrogen) atoms. The quantitative estimate of drug-likeness (QED) is 0.592. The van der Waals surface area contributed by atoms with E-state index in [1.807, 2.05) is 5.32 Å². The van der Waals surface area contributed by atoms with Crippen LogP contribution in [0.4, 0.5) is 32.2 Å². The molecule has 166 valence electrons. The van der Waals surface area contributed by atoms with Crippen LogP contribution in [0.5, 0.6) is 0 Å². The molecule has 2 aromatic rings. The first-order valence-corrected chi connectivity index (χ1v) is 10.0. The fourth-order valence-electron chi connectivity index (χ4n) is 2.37. The van der Waals surface area contributed by atoms with Crippen LogP contribution in [0, 0.1) is 6.92 Å². The maximum atomic E-state index is 13.1. The number of rotatable bonds is 4. The van der Waals surface area contributed by atoms with Gasteiger partial charge in [-0.1, -0.05) is 30.1 Å². The Labute approximate surface area is 175 Å². The summed E-state index contributed by atoms with van der Waals surface area (Å²) in [7, 11) is -6.00. The van der Waals surface area contributed by atoms with Gasteiger partial charge >= 0.3 is 11.7 Å². The Morgan fingerprint density at radius 3 is 2.03 bits per heavy atom. The summed E-state index contributed by atoms with van der Waals surface area (Å²) in [4.78, 5) is 10.4. The minimum absolute atomic E-state index is 0.260. The fourth-order valence-corrected chi connectivity index (χ4v) is 4.07. The highest BCUT2D eigenvalue weighted by molar-refractivity contribution is 7.92. The van der Waals surface area contributed by atoms with Crippen LogP contribution in [0.2, 0.25) is 10.0 Å². The van der Waals surface area contributed by atoms with Gasteiger partial charge in [0, 0.05) is 6.42 Å². The lowest BCUT2D eigenvalue weighted by atomic mass is 10.2. The predicted molar refractivity (Wildman–Crippen MR) is 95.5 cm³/mol. The van der Waals surface area contributed by atoms with E-state index >= 15 is 0 Å². The first-order chi connectivity index (χ1) is 13.5. The highest BCUT2D eigenvalue weighted by atomic mass is 35.5. The Kier molecular flexibility index (Phi) is 6.42. The first kappa shape index (κ1) is 24.3. The number of nitrogens with one attached hydrogen (secondary N) is 1. The van der Waals surface area contributed by atoms with Crippen molar-refractivity contribution in [3.8, 4) is 5.69 Å². The second-order valence-electron chi connectivity index (χ2n) is 5.81. The van der Waals surface area contributed by atoms with Crippen molar-refractivity contribution in [2.45, 2.75) is 36.8 Å². The molecule has 0 saturated carbocycles. The molecule has 1 amide bonds. The van der Waals surface area contributed by atoms with Crippen LogP contribution in [-0.2, 0) is 20.8 Å². The largest absolute Gasteiger partial charge is 0.502 e. The molecule has 0 bridgehead atoms. The van der Waals surface area contributed by atoms with Crippen LogP contribution in [-0.4, -0.2) is 29.6 Å². The summed E-state index contributed by atoms with van der Waals surface area (Å²) in [5.41, 5.74) is -8.24. The number of anilines is 1. The van der Waals surface area contributed by atoms with E-state index in [-0.39, 0.29) is 6.42 Å². The van der Waals surface area contributed by atoms with Gasteiger partial charge in [0.2, 0.25) is 5.91 Å². The van der Waals surface area contributed by atoms with E-state index in [1.54, 1.807) is 0 Å². The maximum absolute atomic E-state index is 13.1. The Morgan fingerprint density at radius 2 is 1.63 bits per heavy atom. The molecule has 2 rings (SSSR count). The van der Waals surface area contributed by atoms with Crippen molar-refractivity contribution in [2.75, 3.05) is 5.32 Å². The van der Waals surface area contributed by atoms with E-state index in [1.165, 1.54) is 6.92 Å². The molecule has 0 aliphatic rings. The molecule has 0 unspecified atom stereocenters. The van der Waals surface area contributed by atoms with Crippen molar-refractivity contribution in [3.63, 3.8) is 0 Å². The Bertz CT molecular complexity index is 1090. The smallest absolute Gasteiger partial charge is 0.309 e. The first-order valence-electron chi connectivity index (χ1n) is 7.79. The lowest BCUT2D eigenvalue weighted by molar-refractivity contribution is -0.137. The summed E-state index contributed by atoms with van der Waals surface area (Å²) in [6, 6.07) is 0.867. The highest BCUT2D eigenvalue weighted by Crippen LogP contribution is 2.42. The molecule has 1 N–H and O–H groups in total. The van der Waals surface area contributed by atoms with Crippen molar-refractivity contribution in [2.24, 2.45) is 0 Å². The molecular weight excluding hydrogens is 487 g/mol. The highest BCUT2D eigenvalue weighted by Gasteiger charge is 2.50. The lowest BCUT2D eigenvalue weighted by Crippen LogP contribution is -2.25. The molecular formula is C15H11Cl2F6N3O3S. The standard InChI is InChI=1S/C15H11Cl2F6N3O3S/c1-3-10(27)24-13-12(30(28,29)15(21,22)23)6(2)25-26(13)11-8(16)4-7(5-9(11)17)14(18,19)20/h4-5H,3H2,1-2H3,(H,24,27). The summed E-state index contributed by atoms with van der Waals surface area (Å²) in [5.74, 6) is -1.85. The Hall–Kier alpha value is -1.99. The number of alkyl halides is 6. The Balaban J connectivity index is 2.89. The molecule has 6 nitrogen and oxygen atoms in total. The number of hydrogen-bond donors (Lipinski definition) is 1. The molecule has 0 radical (unpaired) electrons. The van der Waals surface area contributed by atoms with Gasteiger partial charge in [0.15, 0.2) is 5.82 Å². The van der Waals surface area contributed by atoms with Gasteiger partial charge in [-0.15, -0.1) is 0 Å². The summed E-state index contributed by atoms with van der Waals surface area (Å²) >= 11 is 11.7. The zero-order valence-corrected chi connectivity index (χ0v) is 17.2. The summed E-state index contributed by atoms with van der Waals surface area (Å²) in [5, 5.41) is 4.21. The van der Waals surface area contributed by atoms with Gasteiger partial charge in [0.05, 0.1) is 21.3 Å². The van der Waals surface area contributed by atoms with Crippen molar-refractivity contribution in [1.82, 2.24) is 9.78 Å². The van der Waals surface area contributed by atoms with Crippen LogP contribution in [0.3, 0.4) is 0 Å². The average molecular weight is 498 g/mol. The van der Waals surface area contributed by atoms with E-state index in [4.69, 9.17) is 23.2 Å². The molecule has 0 spiro atoms. The van der Waals surface area contributed by atoms with Gasteiger partial charge in [0.25, 0.3) is 9.84 Å². The number of amides is 1. The van der Waals surface area contributed by atoms with Gasteiger partial charge in [-0.2, -0.15) is 31.4 Å². The van der Waals surface area contributed by atoms with Crippen molar-refractivity contribution < 1.29 is 39.6 Å². The third kappa shape index (κ3) is 4.37. The maximum Gasteiger partial charge on any atom is 0.502 e. The second kappa shape index (κ2) is 7.93. The lowest BCUT2D eigenvalue weighted by Gasteiger charge is -2.16. The van der Waals surface area contributed by atoms with Gasteiger partial charge in [0.1, 0.15) is 10.6 Å². The normalized spacial score (nSPS) is 12.9. The number of nitrogens with zero attached hydrogens (tertiary/aromatic N) is 2. The van der Waals surface area contributed by atoms with Gasteiger partial charge in [-0.3, -0.25) is 4.79 Å². The monoisotopic (exact) mass is 497 g/mol. The number of hydrogen-bond acceptors (Lipinski definition) is 4. The molecule has 0 saturated heterocycles. The zero-order chi connectivity index (χ0) is 23.2. The van der Waals surface area contributed by atoms with Crippen LogP contribution >= 0.6 is 23.2 Å². The number of aryl methyl sites for hydroxylation is 1. The summed E-state index contributed by atoms with van der Waals surface area (Å²) < 4.78 is 103. The van der Waals surface area contributed by atoms with Gasteiger partial charge in [-0.25, -0.2) is 13.1 Å². The Morgan fingerprint density at radius 1 is 1.13 bits per heavy atom. The van der Waals surface area contributed by atoms with E-state index in [9.17, 15) is 39.6 Å². The van der Waals surface area contributed by atoms with Crippen molar-refractivity contribution in [3.05, 3.63) is 33.4 Å². The van der Waals surface area contributed by atoms with Gasteiger partial charge < -0.3 is 5.32 Å². The summed E-state index contributed by atoms with van der Waals surface area (Å²) in [6.45, 7) is 2.24. The molecule has 15 heteroatoms. The molecule has 0 fully saturated rings. The third-order valence-corrected chi connectivity index (χ3v) is 5.93. The molecule has 0 aliphatic heterocycles. The van der Waals surface area contributed by atoms with Gasteiger partial charge in [-0.05, 0) is 19.1 Å². The van der Waals surface area contributed by atoms with Crippen molar-refractivity contribution >= 4 is 44.8 Å². The molecule has 1 aromatic heterocycles. The predicted octanol–water partition coefficient (Wildman–Crippen LogP) is 5.15. The van der Waals surface area contributed by atoms with E-state index in [2.05, 4.69) is 5.10 Å². The average Bonchev–Trinajstić information content (AvgIpc) is 2.88. The topological polar surface area (TPSA) is 81.1 Å². The van der Waals surface area contributed by atoms with Crippen molar-refractivity contribution in [1.29, 1.82) is 0 Å². The van der Waals surface area contributed by atoms with E-state index in [0.717, 1.165) is 6.92 Å². The van der Waals surface area contributed by atoms with Crippen LogP contribution in [0.15, 0.2) is 17.0 Å². The molecule has 1 aromatic carbocycles. The fraction of sp³-hybridized carbons (Fsp3) is 0.333. The SMILES string of the molecule is CCC(=O)Nc1c(S(=O)(=O)C(F)(F)F)c(C)nn1-c1c(Cl)cc(C(F)(F)F)cc1Cl. The number of halogens is 8. The second-order valence-corrected chi connectivity index (χ2v) is 8.50. The van der Waals surface area contributed by atoms with Crippen LogP contribution in [0.1, 0.15) is 24.6 Å². The zero-order valence-electron chi connectivity index (χ0n) is 14.9. The van der Waals surface area contributed by atoms with E-state index < -0.39 is 65.1 Å². The number of benzene rings is 1. The minimum atomic E-state index is -6.00. The number of carbonyl (C=O) groups is 1. The van der Waals surface area contributed by atoms with Crippen LogP contribution < -0.4 is 5.32 Å². The molecule has 0 atom stereocenters. The summed E-state index contributed by atoms with van der Waals surface area (Å²) in [6.07, 6.45) is -5.10. The number of carbonyl (C=O) groups excluding carboxylic acids is 1. The van der Waals surface area contributed by atoms with Crippen LogP contribution in [0.25, 0.3) is 5.69 Å². The number of aromatic nitrogens is 2. The minimum Gasteiger partial charge on any atom is -0.309 e. The number of sulfone groups is 1. The third-order valence-electron chi connectivity index (χ3n) is 3.71. The van der Waals surface area contributed by atoms with E-state index in [0.29, 0.717) is 16.8 Å².